The molecule has 1 saturated heterocycles. The van der Waals surface area contributed by atoms with E-state index >= 15 is 0 Å². The van der Waals surface area contributed by atoms with E-state index in [1.165, 1.54) is 6.26 Å². The number of thioether (sulfide) groups is 1. The molecule has 1 aliphatic rings. The Bertz CT molecular complexity index is 575. The molecule has 112 valence electrons. The molecule has 7 heteroatoms. The molecule has 0 aromatic heterocycles. The van der Waals surface area contributed by atoms with Gasteiger partial charge in [-0.15, -0.1) is 0 Å². The largest absolute Gasteiger partial charge is 0.495 e. The van der Waals surface area contributed by atoms with Crippen molar-refractivity contribution in [3.05, 3.63) is 23.8 Å². The van der Waals surface area contributed by atoms with Crippen LogP contribution in [0.5, 0.6) is 5.75 Å². The van der Waals surface area contributed by atoms with Gasteiger partial charge in [-0.05, 0) is 17.7 Å². The van der Waals surface area contributed by atoms with E-state index in [9.17, 15) is 8.42 Å². The van der Waals surface area contributed by atoms with Gasteiger partial charge in [-0.25, -0.2) is 8.42 Å². The summed E-state index contributed by atoms with van der Waals surface area (Å²) in [6.07, 6.45) is 1.30. The number of benzene rings is 1. The first-order valence-electron chi connectivity index (χ1n) is 6.35. The molecular formula is C13H20N2O3S2. The van der Waals surface area contributed by atoms with E-state index in [0.717, 1.165) is 17.9 Å². The monoisotopic (exact) mass is 316 g/mol. The van der Waals surface area contributed by atoms with E-state index in [2.05, 4.69) is 0 Å². The van der Waals surface area contributed by atoms with Crippen molar-refractivity contribution in [2.24, 2.45) is 0 Å². The summed E-state index contributed by atoms with van der Waals surface area (Å²) in [6, 6.07) is 5.59. The highest BCUT2D eigenvalue weighted by molar-refractivity contribution is 8.00. The topological polar surface area (TPSA) is 72.6 Å². The van der Waals surface area contributed by atoms with Crippen molar-refractivity contribution < 1.29 is 13.2 Å². The van der Waals surface area contributed by atoms with Gasteiger partial charge in [-0.3, -0.25) is 4.90 Å². The minimum Gasteiger partial charge on any atom is -0.495 e. The maximum Gasteiger partial charge on any atom is 0.164 e. The zero-order valence-electron chi connectivity index (χ0n) is 11.7. The molecule has 1 atom stereocenters. The van der Waals surface area contributed by atoms with Gasteiger partial charge in [-0.2, -0.15) is 11.8 Å². The number of sulfone groups is 1. The van der Waals surface area contributed by atoms with Gasteiger partial charge in [0, 0.05) is 30.9 Å². The van der Waals surface area contributed by atoms with E-state index in [4.69, 9.17) is 10.5 Å². The van der Waals surface area contributed by atoms with Crippen LogP contribution in [-0.4, -0.2) is 50.1 Å². The van der Waals surface area contributed by atoms with Crippen molar-refractivity contribution in [3.63, 3.8) is 0 Å². The number of nitrogens with zero attached hydrogens (tertiary/aromatic N) is 1. The van der Waals surface area contributed by atoms with E-state index in [-0.39, 0.29) is 0 Å². The number of nitrogen functional groups attached to an aromatic ring is 1. The maximum atomic E-state index is 11.9. The van der Waals surface area contributed by atoms with Crippen molar-refractivity contribution in [2.45, 2.75) is 11.9 Å². The average Bonchev–Trinajstić information content (AvgIpc) is 2.38. The van der Waals surface area contributed by atoms with Crippen LogP contribution in [0.2, 0.25) is 0 Å². The second-order valence-corrected chi connectivity index (χ2v) is 8.26. The van der Waals surface area contributed by atoms with Crippen molar-refractivity contribution in [3.8, 4) is 5.75 Å². The van der Waals surface area contributed by atoms with Crippen LogP contribution >= 0.6 is 11.8 Å². The Labute approximate surface area is 124 Å². The fraction of sp³-hybridized carbons (Fsp3) is 0.538. The third-order valence-electron chi connectivity index (χ3n) is 3.36. The van der Waals surface area contributed by atoms with Gasteiger partial charge in [0.1, 0.15) is 11.1 Å². The third kappa shape index (κ3) is 3.59. The van der Waals surface area contributed by atoms with Crippen molar-refractivity contribution >= 4 is 27.3 Å². The molecule has 2 N–H and O–H groups in total. The summed E-state index contributed by atoms with van der Waals surface area (Å²) in [5.41, 5.74) is 7.47. The lowest BCUT2D eigenvalue weighted by atomic mass is 10.1. The molecule has 5 nitrogen and oxygen atoms in total. The highest BCUT2D eigenvalue weighted by Crippen LogP contribution is 2.26. The average molecular weight is 316 g/mol. The molecule has 1 fully saturated rings. The second-order valence-electron chi connectivity index (χ2n) is 4.91. The Morgan fingerprint density at radius 1 is 1.50 bits per heavy atom. The number of hydrogen-bond donors (Lipinski definition) is 1. The summed E-state index contributed by atoms with van der Waals surface area (Å²) in [7, 11) is -1.49. The minimum absolute atomic E-state index is 0.412. The molecule has 0 saturated carbocycles. The van der Waals surface area contributed by atoms with Crippen LogP contribution in [0, 0.1) is 0 Å². The summed E-state index contributed by atoms with van der Waals surface area (Å²) in [6.45, 7) is 1.36. The minimum atomic E-state index is -3.07. The zero-order chi connectivity index (χ0) is 14.8. The molecule has 1 heterocycles. The first-order chi connectivity index (χ1) is 9.41. The quantitative estimate of drug-likeness (QED) is 0.842. The van der Waals surface area contributed by atoms with Gasteiger partial charge < -0.3 is 10.5 Å². The number of hydrogen-bond acceptors (Lipinski definition) is 6. The summed E-state index contributed by atoms with van der Waals surface area (Å²) >= 11 is 1.69. The molecular weight excluding hydrogens is 296 g/mol. The molecule has 1 unspecified atom stereocenters. The van der Waals surface area contributed by atoms with E-state index in [1.54, 1.807) is 18.9 Å². The smallest absolute Gasteiger partial charge is 0.164 e. The highest BCUT2D eigenvalue weighted by atomic mass is 32.2. The molecule has 20 heavy (non-hydrogen) atoms. The summed E-state index contributed by atoms with van der Waals surface area (Å²) in [5, 5.41) is -0.412. The number of rotatable bonds is 4. The summed E-state index contributed by atoms with van der Waals surface area (Å²) in [4.78, 5) is 2.01. The van der Waals surface area contributed by atoms with Crippen LogP contribution in [0.1, 0.15) is 5.56 Å². The van der Waals surface area contributed by atoms with E-state index in [1.807, 2.05) is 23.1 Å². The van der Waals surface area contributed by atoms with Gasteiger partial charge in [0.2, 0.25) is 0 Å². The normalized spacial score (nSPS) is 20.8. The second kappa shape index (κ2) is 6.24. The molecule has 0 bridgehead atoms. The molecule has 1 aromatic rings. The highest BCUT2D eigenvalue weighted by Gasteiger charge is 2.30. The number of anilines is 1. The van der Waals surface area contributed by atoms with Gasteiger partial charge in [0.15, 0.2) is 9.84 Å². The van der Waals surface area contributed by atoms with Crippen molar-refractivity contribution in [1.82, 2.24) is 4.90 Å². The number of methoxy groups -OCH3 is 1. The lowest BCUT2D eigenvalue weighted by Crippen LogP contribution is -2.46. The zero-order valence-corrected chi connectivity index (χ0v) is 13.3. The standard InChI is InChI=1S/C13H20N2O3S2/c1-18-12-4-3-10(7-11(12)14)8-15-5-6-19-9-13(15)20(2,16)17/h3-4,7,13H,5-6,8-9,14H2,1-2H3. The predicted octanol–water partition coefficient (Wildman–Crippen LogP) is 1.20. The molecule has 1 aromatic carbocycles. The molecule has 2 rings (SSSR count). The van der Waals surface area contributed by atoms with Crippen LogP contribution in [0.15, 0.2) is 18.2 Å². The Morgan fingerprint density at radius 3 is 2.85 bits per heavy atom. The number of nitrogens with two attached hydrogens (primary N) is 1. The van der Waals surface area contributed by atoms with Gasteiger partial charge in [0.25, 0.3) is 0 Å². The first kappa shape index (κ1) is 15.5. The lowest BCUT2D eigenvalue weighted by Gasteiger charge is -2.34. The van der Waals surface area contributed by atoms with Gasteiger partial charge >= 0.3 is 0 Å². The first-order valence-corrected chi connectivity index (χ1v) is 9.46. The summed E-state index contributed by atoms with van der Waals surface area (Å²) in [5.74, 6) is 2.23. The lowest BCUT2D eigenvalue weighted by molar-refractivity contribution is 0.262. The third-order valence-corrected chi connectivity index (χ3v) is 6.05. The SMILES string of the molecule is COc1ccc(CN2CCSCC2S(C)(=O)=O)cc1N. The van der Waals surface area contributed by atoms with Crippen LogP contribution in [0.25, 0.3) is 0 Å². The Kier molecular flexibility index (Phi) is 4.82. The predicted molar refractivity (Wildman–Crippen MR) is 83.8 cm³/mol. The van der Waals surface area contributed by atoms with Crippen LogP contribution < -0.4 is 10.5 Å². The molecule has 0 amide bonds. The Morgan fingerprint density at radius 2 is 2.25 bits per heavy atom. The van der Waals surface area contributed by atoms with E-state index in [0.29, 0.717) is 23.7 Å². The molecule has 0 aliphatic carbocycles. The van der Waals surface area contributed by atoms with Gasteiger partial charge in [-0.1, -0.05) is 6.07 Å². The fourth-order valence-corrected chi connectivity index (χ4v) is 5.25. The number of ether oxygens (including phenoxy) is 1. The maximum absolute atomic E-state index is 11.9. The van der Waals surface area contributed by atoms with E-state index < -0.39 is 15.2 Å². The van der Waals surface area contributed by atoms with Crippen LogP contribution in [-0.2, 0) is 16.4 Å². The molecule has 0 spiro atoms. The van der Waals surface area contributed by atoms with Crippen molar-refractivity contribution in [1.29, 1.82) is 0 Å². The Balaban J connectivity index is 2.17. The van der Waals surface area contributed by atoms with Gasteiger partial charge in [0.05, 0.1) is 12.8 Å². The molecule has 1 aliphatic heterocycles. The summed E-state index contributed by atoms with van der Waals surface area (Å²) < 4.78 is 28.8. The Hall–Kier alpha value is -0.920. The van der Waals surface area contributed by atoms with Crippen molar-refractivity contribution in [2.75, 3.05) is 37.1 Å². The fourth-order valence-electron chi connectivity index (χ4n) is 2.31. The molecule has 0 radical (unpaired) electrons. The van der Waals surface area contributed by atoms with Crippen LogP contribution in [0.3, 0.4) is 0 Å². The van der Waals surface area contributed by atoms with Crippen LogP contribution in [0.4, 0.5) is 5.69 Å².